The predicted molar refractivity (Wildman–Crippen MR) is 172 cm³/mol. The molecule has 2 aromatic heterocycles. The molecule has 0 fully saturated rings. The average molecular weight is 589 g/mol. The van der Waals surface area contributed by atoms with Crippen molar-refractivity contribution in [3.05, 3.63) is 66.1 Å². The number of hydrogen-bond acceptors (Lipinski definition) is 9. The molecule has 1 aromatic carbocycles. The van der Waals surface area contributed by atoms with Crippen LogP contribution in [0, 0.1) is 0 Å². The standard InChI is InChI=1S/C34H48N6O3/c1-25(42-5)24-40(20-10-9-15-28-17-16-27-14-11-19-36-32(27)37-28)21-18-29(33(41)43-34(2,3)4)38-31-23-35-22-30(39-31)26-12-7-6-8-13-26/h6-8,12-13,16-17,22-23,25,29H,9-11,14-15,18-21,24H2,1-5H3,(H,36,37)(H,38,39)/t25-,29+/m1/s1. The molecule has 0 radical (unpaired) electrons. The third-order valence-corrected chi connectivity index (χ3v) is 7.48. The van der Waals surface area contributed by atoms with Crippen LogP contribution < -0.4 is 10.6 Å². The number of rotatable bonds is 15. The first-order chi connectivity index (χ1) is 20.7. The summed E-state index contributed by atoms with van der Waals surface area (Å²) in [5.74, 6) is 1.30. The maximum atomic E-state index is 13.3. The summed E-state index contributed by atoms with van der Waals surface area (Å²) < 4.78 is 11.4. The van der Waals surface area contributed by atoms with Gasteiger partial charge in [0.1, 0.15) is 23.3 Å². The van der Waals surface area contributed by atoms with Crippen LogP contribution in [0.1, 0.15) is 64.6 Å². The molecule has 0 unspecified atom stereocenters. The van der Waals surface area contributed by atoms with Gasteiger partial charge in [-0.25, -0.2) is 14.8 Å². The number of carbonyl (C=O) groups excluding carboxylic acids is 1. The second kappa shape index (κ2) is 15.8. The van der Waals surface area contributed by atoms with E-state index in [0.717, 1.165) is 68.1 Å². The highest BCUT2D eigenvalue weighted by molar-refractivity contribution is 5.79. The highest BCUT2D eigenvalue weighted by Gasteiger charge is 2.26. The molecule has 0 bridgehead atoms. The van der Waals surface area contributed by atoms with Crippen molar-refractivity contribution in [2.75, 3.05) is 43.9 Å². The minimum absolute atomic E-state index is 0.0785. The van der Waals surface area contributed by atoms with Crippen LogP contribution in [-0.4, -0.2) is 76.9 Å². The van der Waals surface area contributed by atoms with Crippen LogP contribution in [0.3, 0.4) is 0 Å². The smallest absolute Gasteiger partial charge is 0.329 e. The van der Waals surface area contributed by atoms with Gasteiger partial charge in [-0.3, -0.25) is 4.98 Å². The summed E-state index contributed by atoms with van der Waals surface area (Å²) in [6.07, 6.45) is 9.30. The Labute approximate surface area is 256 Å². The molecule has 1 aliphatic rings. The summed E-state index contributed by atoms with van der Waals surface area (Å²) in [5, 5.41) is 6.76. The molecule has 0 amide bonds. The number of fused-ring (bicyclic) bond motifs is 1. The number of methoxy groups -OCH3 is 1. The zero-order valence-electron chi connectivity index (χ0n) is 26.4. The lowest BCUT2D eigenvalue weighted by atomic mass is 10.1. The molecule has 232 valence electrons. The number of pyridine rings is 1. The lowest BCUT2D eigenvalue weighted by molar-refractivity contribution is -0.156. The predicted octanol–water partition coefficient (Wildman–Crippen LogP) is 5.77. The number of hydrogen-bond donors (Lipinski definition) is 2. The van der Waals surface area contributed by atoms with Gasteiger partial charge in [-0.15, -0.1) is 0 Å². The molecule has 3 heterocycles. The van der Waals surface area contributed by atoms with E-state index >= 15 is 0 Å². The minimum Gasteiger partial charge on any atom is -0.458 e. The number of carbonyl (C=O) groups is 1. The quantitative estimate of drug-likeness (QED) is 0.169. The molecule has 2 N–H and O–H groups in total. The van der Waals surface area contributed by atoms with Crippen LogP contribution in [0.15, 0.2) is 54.9 Å². The van der Waals surface area contributed by atoms with Crippen molar-refractivity contribution in [2.45, 2.75) is 84.0 Å². The Balaban J connectivity index is 1.38. The van der Waals surface area contributed by atoms with E-state index in [4.69, 9.17) is 19.4 Å². The van der Waals surface area contributed by atoms with Crippen LogP contribution in [0.25, 0.3) is 11.3 Å². The van der Waals surface area contributed by atoms with Gasteiger partial charge in [-0.2, -0.15) is 0 Å². The molecule has 4 rings (SSSR count). The Morgan fingerprint density at radius 2 is 1.88 bits per heavy atom. The first-order valence-electron chi connectivity index (χ1n) is 15.5. The third-order valence-electron chi connectivity index (χ3n) is 7.48. The second-order valence-corrected chi connectivity index (χ2v) is 12.3. The normalized spacial score (nSPS) is 14.5. The van der Waals surface area contributed by atoms with Gasteiger partial charge in [0.2, 0.25) is 0 Å². The fraction of sp³-hybridized carbons (Fsp3) is 0.529. The number of unbranched alkanes of at least 4 members (excludes halogenated alkanes) is 1. The molecule has 1 aliphatic heterocycles. The van der Waals surface area contributed by atoms with E-state index in [1.807, 2.05) is 51.1 Å². The van der Waals surface area contributed by atoms with Gasteiger partial charge in [0.05, 0.1) is 24.2 Å². The summed E-state index contributed by atoms with van der Waals surface area (Å²) in [7, 11) is 1.74. The highest BCUT2D eigenvalue weighted by atomic mass is 16.6. The number of aryl methyl sites for hydroxylation is 2. The number of aromatic nitrogens is 3. The molecule has 0 spiro atoms. The van der Waals surface area contributed by atoms with Crippen molar-refractivity contribution in [1.29, 1.82) is 0 Å². The van der Waals surface area contributed by atoms with E-state index in [0.29, 0.717) is 18.8 Å². The maximum Gasteiger partial charge on any atom is 0.329 e. The van der Waals surface area contributed by atoms with Crippen LogP contribution >= 0.6 is 0 Å². The number of nitrogens with zero attached hydrogens (tertiary/aromatic N) is 4. The van der Waals surface area contributed by atoms with Gasteiger partial charge in [0.25, 0.3) is 0 Å². The van der Waals surface area contributed by atoms with E-state index < -0.39 is 11.6 Å². The van der Waals surface area contributed by atoms with Gasteiger partial charge in [-0.05, 0) is 84.4 Å². The summed E-state index contributed by atoms with van der Waals surface area (Å²) in [6.45, 7) is 11.1. The van der Waals surface area contributed by atoms with Crippen LogP contribution in [0.5, 0.6) is 0 Å². The van der Waals surface area contributed by atoms with Crippen LogP contribution in [0.4, 0.5) is 11.6 Å². The number of anilines is 2. The molecule has 3 aromatic rings. The lowest BCUT2D eigenvalue weighted by Crippen LogP contribution is -2.41. The summed E-state index contributed by atoms with van der Waals surface area (Å²) >= 11 is 0. The van der Waals surface area contributed by atoms with Crippen LogP contribution in [0.2, 0.25) is 0 Å². The van der Waals surface area contributed by atoms with Crippen molar-refractivity contribution in [2.24, 2.45) is 0 Å². The number of ether oxygens (including phenoxy) is 2. The summed E-state index contributed by atoms with van der Waals surface area (Å²) in [5.41, 5.74) is 3.57. The topological polar surface area (TPSA) is 102 Å². The Kier molecular flexibility index (Phi) is 11.9. The summed E-state index contributed by atoms with van der Waals surface area (Å²) in [4.78, 5) is 29.7. The minimum atomic E-state index is -0.598. The second-order valence-electron chi connectivity index (χ2n) is 12.3. The molecule has 9 nitrogen and oxygen atoms in total. The molecular formula is C34H48N6O3. The first-order valence-corrected chi connectivity index (χ1v) is 15.5. The fourth-order valence-electron chi connectivity index (χ4n) is 5.18. The van der Waals surface area contributed by atoms with E-state index in [9.17, 15) is 4.79 Å². The van der Waals surface area contributed by atoms with Crippen molar-refractivity contribution in [3.8, 4) is 11.3 Å². The molecule has 0 saturated heterocycles. The van der Waals surface area contributed by atoms with Crippen molar-refractivity contribution < 1.29 is 14.3 Å². The number of benzene rings is 1. The molecule has 2 atom stereocenters. The molecule has 43 heavy (non-hydrogen) atoms. The van der Waals surface area contributed by atoms with Gasteiger partial charge in [0.15, 0.2) is 0 Å². The van der Waals surface area contributed by atoms with Gasteiger partial charge < -0.3 is 25.0 Å². The Morgan fingerprint density at radius 3 is 2.65 bits per heavy atom. The van der Waals surface area contributed by atoms with Gasteiger partial charge in [-0.1, -0.05) is 36.4 Å². The molecule has 0 aliphatic carbocycles. The SMILES string of the molecule is CO[C@H](C)CN(CCCCc1ccc2c(n1)NCCC2)CC[C@H](Nc1cncc(-c2ccccc2)n1)C(=O)OC(C)(C)C. The monoisotopic (exact) mass is 588 g/mol. The first kappa shape index (κ1) is 32.4. The average Bonchev–Trinajstić information content (AvgIpc) is 3.00. The Bertz CT molecular complexity index is 1300. The van der Waals surface area contributed by atoms with E-state index in [1.165, 1.54) is 12.0 Å². The highest BCUT2D eigenvalue weighted by Crippen LogP contribution is 2.21. The van der Waals surface area contributed by atoms with Crippen LogP contribution in [-0.2, 0) is 27.1 Å². The molecule has 9 heteroatoms. The summed E-state index contributed by atoms with van der Waals surface area (Å²) in [6, 6.07) is 13.7. The molecular weight excluding hydrogens is 540 g/mol. The number of nitrogens with one attached hydrogen (secondary N) is 2. The zero-order valence-corrected chi connectivity index (χ0v) is 26.4. The Hall–Kier alpha value is -3.56. The van der Waals surface area contributed by atoms with Crippen molar-refractivity contribution in [1.82, 2.24) is 19.9 Å². The van der Waals surface area contributed by atoms with Crippen molar-refractivity contribution >= 4 is 17.6 Å². The largest absolute Gasteiger partial charge is 0.458 e. The third kappa shape index (κ3) is 10.6. The van der Waals surface area contributed by atoms with E-state index in [1.54, 1.807) is 19.5 Å². The van der Waals surface area contributed by atoms with Crippen molar-refractivity contribution in [3.63, 3.8) is 0 Å². The van der Waals surface area contributed by atoms with E-state index in [-0.39, 0.29) is 12.1 Å². The number of esters is 1. The van der Waals surface area contributed by atoms with E-state index in [2.05, 4.69) is 39.6 Å². The molecule has 0 saturated carbocycles. The van der Waals surface area contributed by atoms with Gasteiger partial charge in [0, 0.05) is 38.0 Å². The Morgan fingerprint density at radius 1 is 1.07 bits per heavy atom. The fourth-order valence-corrected chi connectivity index (χ4v) is 5.18. The lowest BCUT2D eigenvalue weighted by Gasteiger charge is -2.29. The zero-order chi connectivity index (χ0) is 30.7. The van der Waals surface area contributed by atoms with Gasteiger partial charge >= 0.3 is 5.97 Å². The maximum absolute atomic E-state index is 13.3.